The number of nitrogens with zero attached hydrogens (tertiary/aromatic N) is 1. The van der Waals surface area contributed by atoms with Crippen LogP contribution < -0.4 is 0 Å². The first kappa shape index (κ1) is 80.7. The Kier molecular flexibility index (Phi) is 62.3. The minimum Gasteiger partial charge on any atom is -0.477 e. The number of unbranched alkanes of at least 4 members (excludes halogenated alkanes) is 28. The molecule has 0 aliphatic rings. The second-order valence-corrected chi connectivity index (χ2v) is 24.1. The number of carbonyl (C=O) groups is 3. The summed E-state index contributed by atoms with van der Waals surface area (Å²) in [6.07, 6.45) is 90.4. The van der Waals surface area contributed by atoms with Crippen LogP contribution in [-0.2, 0) is 33.3 Å². The lowest BCUT2D eigenvalue weighted by Gasteiger charge is -2.25. The number of quaternary nitrogens is 1. The highest BCUT2D eigenvalue weighted by Gasteiger charge is 2.25. The van der Waals surface area contributed by atoms with E-state index >= 15 is 0 Å². The molecule has 0 saturated heterocycles. The van der Waals surface area contributed by atoms with Gasteiger partial charge in [0.25, 0.3) is 6.29 Å². The van der Waals surface area contributed by atoms with E-state index in [1.807, 2.05) is 21.1 Å². The highest BCUT2D eigenvalue weighted by atomic mass is 16.7. The Morgan fingerprint density at radius 3 is 0.941 bits per heavy atom. The molecule has 0 aromatic carbocycles. The van der Waals surface area contributed by atoms with Crippen molar-refractivity contribution in [3.63, 3.8) is 0 Å². The Hall–Kier alpha value is -4.31. The van der Waals surface area contributed by atoms with Gasteiger partial charge in [0.15, 0.2) is 6.10 Å². The summed E-state index contributed by atoms with van der Waals surface area (Å²) in [5, 5.41) is 9.74. The summed E-state index contributed by atoms with van der Waals surface area (Å²) in [5.41, 5.74) is 0. The van der Waals surface area contributed by atoms with Crippen molar-refractivity contribution in [1.82, 2.24) is 0 Å². The lowest BCUT2D eigenvalue weighted by Crippen LogP contribution is -2.40. The van der Waals surface area contributed by atoms with Gasteiger partial charge >= 0.3 is 17.9 Å². The fraction of sp³-hybridized carbons (Fsp3) is 0.697. The van der Waals surface area contributed by atoms with Crippen molar-refractivity contribution in [2.75, 3.05) is 47.5 Å². The van der Waals surface area contributed by atoms with Gasteiger partial charge in [-0.2, -0.15) is 0 Å². The van der Waals surface area contributed by atoms with Crippen LogP contribution in [0.4, 0.5) is 0 Å². The zero-order valence-corrected chi connectivity index (χ0v) is 55.5. The van der Waals surface area contributed by atoms with Gasteiger partial charge in [0.2, 0.25) is 0 Å². The fourth-order valence-electron chi connectivity index (χ4n) is 9.48. The molecule has 0 bridgehead atoms. The van der Waals surface area contributed by atoms with Crippen molar-refractivity contribution in [1.29, 1.82) is 0 Å². The van der Waals surface area contributed by atoms with Crippen LogP contribution in [0, 0.1) is 0 Å². The molecule has 0 spiro atoms. The molecular formula is C76H130NO8+. The molecule has 0 saturated carbocycles. The maximum atomic E-state index is 12.9. The van der Waals surface area contributed by atoms with Crippen LogP contribution in [-0.4, -0.2) is 87.4 Å². The number of esters is 2. The lowest BCUT2D eigenvalue weighted by molar-refractivity contribution is -0.870. The summed E-state index contributed by atoms with van der Waals surface area (Å²) in [6, 6.07) is 0. The zero-order chi connectivity index (χ0) is 61.9. The van der Waals surface area contributed by atoms with Gasteiger partial charge in [0.05, 0.1) is 34.4 Å². The molecule has 2 atom stereocenters. The number of likely N-dealkylation sites (N-methyl/N-ethyl adjacent to an activating group) is 1. The van der Waals surface area contributed by atoms with Crippen LogP contribution in [0.15, 0.2) is 122 Å². The van der Waals surface area contributed by atoms with Gasteiger partial charge in [0.1, 0.15) is 13.2 Å². The topological polar surface area (TPSA) is 108 Å². The Labute approximate surface area is 523 Å². The summed E-state index contributed by atoms with van der Waals surface area (Å²) in [7, 11) is 5.96. The van der Waals surface area contributed by atoms with Crippen LogP contribution in [0.3, 0.4) is 0 Å². The molecule has 9 heteroatoms. The zero-order valence-electron chi connectivity index (χ0n) is 55.5. The highest BCUT2D eigenvalue weighted by Crippen LogP contribution is 2.17. The van der Waals surface area contributed by atoms with Crippen molar-refractivity contribution < 1.29 is 42.9 Å². The van der Waals surface area contributed by atoms with Gasteiger partial charge in [-0.05, 0) is 103 Å². The van der Waals surface area contributed by atoms with Crippen molar-refractivity contribution in [3.8, 4) is 0 Å². The minimum absolute atomic E-state index is 0.178. The summed E-state index contributed by atoms with van der Waals surface area (Å²) >= 11 is 0. The number of allylic oxidation sites excluding steroid dienone is 20. The van der Waals surface area contributed by atoms with Crippen LogP contribution in [0.1, 0.15) is 284 Å². The first-order valence-electron chi connectivity index (χ1n) is 34.7. The molecule has 0 amide bonds. The second-order valence-electron chi connectivity index (χ2n) is 24.1. The van der Waals surface area contributed by atoms with Gasteiger partial charge in [-0.3, -0.25) is 9.59 Å². The van der Waals surface area contributed by atoms with E-state index in [9.17, 15) is 19.5 Å². The number of rotatable bonds is 63. The summed E-state index contributed by atoms with van der Waals surface area (Å²) in [4.78, 5) is 37.6. The Balaban J connectivity index is 4.08. The highest BCUT2D eigenvalue weighted by molar-refractivity contribution is 5.71. The van der Waals surface area contributed by atoms with E-state index in [0.717, 1.165) is 109 Å². The average molecular weight is 1190 g/mol. The standard InChI is InChI=1S/C76H129NO8/c1-6-8-10-12-14-16-18-20-22-24-26-28-30-31-32-33-34-35-36-37-38-39-40-41-42-43-45-46-48-50-52-54-56-58-60-62-64-66-73(78)83-70-72(71-84-76(75(80)81)82-69-68-77(3,4)5)85-74(79)67-65-63-61-59-57-55-53-51-49-47-44-29-27-25-23-21-19-17-15-13-11-9-7-2/h8-11,14-17,20-23,26-29,47,49,53,55,72,76H,6-7,12-13,18-19,24-25,30-46,48,50-52,54,56-71H2,1-5H3/p+1/b10-8-,11-9-,16-14-,17-15-,22-20-,23-21-,28-26-,29-27-,49-47-,55-53-. The molecule has 9 nitrogen and oxygen atoms in total. The normalized spacial score (nSPS) is 13.5. The van der Waals surface area contributed by atoms with E-state index in [0.29, 0.717) is 23.9 Å². The molecule has 85 heavy (non-hydrogen) atoms. The summed E-state index contributed by atoms with van der Waals surface area (Å²) in [5.74, 6) is -2.04. The number of ether oxygens (including phenoxy) is 4. The molecule has 2 unspecified atom stereocenters. The molecule has 0 fully saturated rings. The van der Waals surface area contributed by atoms with Gasteiger partial charge in [-0.15, -0.1) is 0 Å². The van der Waals surface area contributed by atoms with E-state index in [1.165, 1.54) is 141 Å². The smallest absolute Gasteiger partial charge is 0.361 e. The largest absolute Gasteiger partial charge is 0.477 e. The van der Waals surface area contributed by atoms with Crippen molar-refractivity contribution in [2.45, 2.75) is 296 Å². The first-order valence-corrected chi connectivity index (χ1v) is 34.7. The number of carbonyl (C=O) groups excluding carboxylic acids is 2. The van der Waals surface area contributed by atoms with Gasteiger partial charge in [-0.25, -0.2) is 4.79 Å². The predicted octanol–water partition coefficient (Wildman–Crippen LogP) is 21.6. The van der Waals surface area contributed by atoms with Crippen molar-refractivity contribution in [3.05, 3.63) is 122 Å². The number of carboxylic acid groups (broad SMARTS) is 1. The third-order valence-corrected chi connectivity index (χ3v) is 14.7. The third-order valence-electron chi connectivity index (χ3n) is 14.7. The molecule has 0 rings (SSSR count). The second kappa shape index (κ2) is 65.7. The van der Waals surface area contributed by atoms with Crippen molar-refractivity contribution >= 4 is 17.9 Å². The lowest BCUT2D eigenvalue weighted by atomic mass is 10.0. The van der Waals surface area contributed by atoms with Crippen molar-refractivity contribution in [2.24, 2.45) is 0 Å². The Bertz CT molecular complexity index is 1810. The minimum atomic E-state index is -1.52. The van der Waals surface area contributed by atoms with E-state index in [2.05, 4.69) is 135 Å². The van der Waals surface area contributed by atoms with E-state index < -0.39 is 24.3 Å². The third kappa shape index (κ3) is 67.1. The first-order chi connectivity index (χ1) is 41.6. The molecule has 0 aliphatic carbocycles. The monoisotopic (exact) mass is 1180 g/mol. The maximum Gasteiger partial charge on any atom is 0.361 e. The predicted molar refractivity (Wildman–Crippen MR) is 364 cm³/mol. The van der Waals surface area contributed by atoms with Gasteiger partial charge in [0, 0.05) is 12.8 Å². The van der Waals surface area contributed by atoms with Crippen LogP contribution in [0.25, 0.3) is 0 Å². The van der Waals surface area contributed by atoms with Gasteiger partial charge in [-0.1, -0.05) is 289 Å². The molecule has 0 aromatic heterocycles. The Morgan fingerprint density at radius 1 is 0.353 bits per heavy atom. The average Bonchev–Trinajstić information content (AvgIpc) is 3.49. The molecule has 486 valence electrons. The number of hydrogen-bond acceptors (Lipinski definition) is 7. The van der Waals surface area contributed by atoms with Gasteiger partial charge < -0.3 is 28.5 Å². The molecule has 0 aliphatic heterocycles. The fourth-order valence-corrected chi connectivity index (χ4v) is 9.48. The Morgan fingerprint density at radius 2 is 0.635 bits per heavy atom. The van der Waals surface area contributed by atoms with Crippen LogP contribution >= 0.6 is 0 Å². The van der Waals surface area contributed by atoms with Crippen LogP contribution in [0.2, 0.25) is 0 Å². The molecule has 1 N–H and O–H groups in total. The SMILES string of the molecule is CC/C=C\C/C=C\C/C=C\C/C=C\C/C=C\C/C=C\CCCCCCC(=O)OC(COC(=O)CCCCCCCCCCCCCCCCCCCCCCCCCC/C=C\C/C=C\C/C=C\C/C=C\CC)COC(OCC[N+](C)(C)C)C(=O)O. The molecular weight excluding hydrogens is 1050 g/mol. The number of aliphatic carboxylic acids is 1. The molecule has 0 heterocycles. The molecule has 0 radical (unpaired) electrons. The summed E-state index contributed by atoms with van der Waals surface area (Å²) < 4.78 is 22.9. The van der Waals surface area contributed by atoms with E-state index in [4.69, 9.17) is 18.9 Å². The quantitative estimate of drug-likeness (QED) is 0.0211. The maximum absolute atomic E-state index is 12.9. The van der Waals surface area contributed by atoms with E-state index in [1.54, 1.807) is 0 Å². The number of carboxylic acids is 1. The van der Waals surface area contributed by atoms with E-state index in [-0.39, 0.29) is 32.2 Å². The molecule has 0 aromatic rings. The number of hydrogen-bond donors (Lipinski definition) is 1. The van der Waals surface area contributed by atoms with Crippen LogP contribution in [0.5, 0.6) is 0 Å². The summed E-state index contributed by atoms with van der Waals surface area (Å²) in [6.45, 7) is 4.63.